The Morgan fingerprint density at radius 3 is 3.00 bits per heavy atom. The molecule has 0 fully saturated rings. The van der Waals surface area contributed by atoms with Crippen molar-refractivity contribution in [2.24, 2.45) is 0 Å². The lowest BCUT2D eigenvalue weighted by Crippen LogP contribution is -2.06. The second-order valence-corrected chi connectivity index (χ2v) is 3.66. The molecule has 2 aromatic rings. The zero-order chi connectivity index (χ0) is 11.5. The molecule has 0 spiro atoms. The van der Waals surface area contributed by atoms with Crippen LogP contribution >= 0.6 is 12.2 Å². The van der Waals surface area contributed by atoms with Gasteiger partial charge in [-0.2, -0.15) is 0 Å². The number of esters is 1. The van der Waals surface area contributed by atoms with E-state index >= 15 is 0 Å². The molecule has 0 unspecified atom stereocenters. The summed E-state index contributed by atoms with van der Waals surface area (Å²) in [5, 5.41) is 0. The molecule has 1 heterocycles. The van der Waals surface area contributed by atoms with Gasteiger partial charge in [-0.1, -0.05) is 12.1 Å². The molecule has 0 N–H and O–H groups in total. The Hall–Kier alpha value is -1.62. The van der Waals surface area contributed by atoms with Crippen molar-refractivity contribution in [1.29, 1.82) is 0 Å². The number of ether oxygens (including phenoxy) is 1. The highest BCUT2D eigenvalue weighted by molar-refractivity contribution is 7.71. The van der Waals surface area contributed by atoms with Crippen molar-refractivity contribution in [2.45, 2.75) is 13.0 Å². The van der Waals surface area contributed by atoms with Crippen molar-refractivity contribution < 1.29 is 13.9 Å². The third-order valence-corrected chi connectivity index (χ3v) is 2.64. The summed E-state index contributed by atoms with van der Waals surface area (Å²) < 4.78 is 11.8. The first-order valence-electron chi connectivity index (χ1n) is 4.87. The van der Waals surface area contributed by atoms with Crippen LogP contribution in [0.15, 0.2) is 28.7 Å². The highest BCUT2D eigenvalue weighted by Crippen LogP contribution is 2.17. The van der Waals surface area contributed by atoms with Crippen molar-refractivity contribution in [2.75, 3.05) is 7.11 Å². The van der Waals surface area contributed by atoms with Crippen LogP contribution in [0.25, 0.3) is 11.1 Å². The molecule has 5 heteroatoms. The van der Waals surface area contributed by atoms with E-state index in [1.165, 1.54) is 7.11 Å². The fraction of sp³-hybridized carbons (Fsp3) is 0.273. The van der Waals surface area contributed by atoms with E-state index in [4.69, 9.17) is 16.6 Å². The molecule has 0 saturated heterocycles. The number of carbonyl (C=O) groups is 1. The molecule has 0 bridgehead atoms. The van der Waals surface area contributed by atoms with Gasteiger partial charge in [-0.25, -0.2) is 0 Å². The van der Waals surface area contributed by atoms with Gasteiger partial charge in [0.2, 0.25) is 0 Å². The summed E-state index contributed by atoms with van der Waals surface area (Å²) in [4.78, 5) is 11.4. The molecule has 0 atom stereocenters. The van der Waals surface area contributed by atoms with Gasteiger partial charge in [-0.05, 0) is 24.4 Å². The Morgan fingerprint density at radius 1 is 1.50 bits per heavy atom. The van der Waals surface area contributed by atoms with Crippen LogP contribution in [0.3, 0.4) is 0 Å². The van der Waals surface area contributed by atoms with Crippen LogP contribution in [0.4, 0.5) is 0 Å². The molecule has 2 rings (SSSR count). The average molecular weight is 237 g/mol. The Balaban J connectivity index is 2.33. The summed E-state index contributed by atoms with van der Waals surface area (Å²) in [7, 11) is 1.37. The molecular formula is C11H11NO3S. The number of para-hydroxylation sites is 2. The number of methoxy groups -OCH3 is 1. The molecule has 84 valence electrons. The van der Waals surface area contributed by atoms with Crippen LogP contribution in [-0.2, 0) is 16.1 Å². The fourth-order valence-corrected chi connectivity index (χ4v) is 1.81. The first-order valence-corrected chi connectivity index (χ1v) is 5.28. The Labute approximate surface area is 97.4 Å². The van der Waals surface area contributed by atoms with Gasteiger partial charge in [-0.15, -0.1) is 0 Å². The summed E-state index contributed by atoms with van der Waals surface area (Å²) in [6.07, 6.45) is 0.286. The van der Waals surface area contributed by atoms with Gasteiger partial charge in [0.25, 0.3) is 4.84 Å². The quantitative estimate of drug-likeness (QED) is 0.608. The monoisotopic (exact) mass is 237 g/mol. The molecule has 0 aliphatic carbocycles. The molecule has 4 nitrogen and oxygen atoms in total. The summed E-state index contributed by atoms with van der Waals surface area (Å²) in [5.41, 5.74) is 1.63. The smallest absolute Gasteiger partial charge is 0.307 e. The van der Waals surface area contributed by atoms with Gasteiger partial charge >= 0.3 is 5.97 Å². The molecule has 16 heavy (non-hydrogen) atoms. The Morgan fingerprint density at radius 2 is 2.25 bits per heavy atom. The number of hydrogen-bond acceptors (Lipinski definition) is 4. The van der Waals surface area contributed by atoms with Crippen LogP contribution in [0.5, 0.6) is 0 Å². The molecule has 0 amide bonds. The fourth-order valence-electron chi connectivity index (χ4n) is 1.53. The molecule has 1 aromatic carbocycles. The van der Waals surface area contributed by atoms with E-state index in [2.05, 4.69) is 4.74 Å². The zero-order valence-corrected chi connectivity index (χ0v) is 9.62. The Bertz CT molecular complexity index is 570. The second kappa shape index (κ2) is 4.49. The molecule has 0 saturated carbocycles. The van der Waals surface area contributed by atoms with Crippen molar-refractivity contribution >= 4 is 29.3 Å². The number of oxazole rings is 1. The third-order valence-electron chi connectivity index (χ3n) is 2.34. The molecule has 1 aromatic heterocycles. The zero-order valence-electron chi connectivity index (χ0n) is 8.80. The standard InChI is InChI=1S/C11H11NO3S/c1-14-10(13)6-7-12-8-4-2-3-5-9(8)15-11(12)16/h2-5H,6-7H2,1H3. The van der Waals surface area contributed by atoms with Gasteiger partial charge in [0, 0.05) is 6.54 Å². The number of carbonyl (C=O) groups excluding carboxylic acids is 1. The number of fused-ring (bicyclic) bond motifs is 1. The lowest BCUT2D eigenvalue weighted by Gasteiger charge is -2.01. The summed E-state index contributed by atoms with van der Waals surface area (Å²) in [6, 6.07) is 7.54. The molecule has 0 radical (unpaired) electrons. The third kappa shape index (κ3) is 1.99. The van der Waals surface area contributed by atoms with Crippen LogP contribution in [0, 0.1) is 4.84 Å². The number of nitrogens with zero attached hydrogens (tertiary/aromatic N) is 1. The van der Waals surface area contributed by atoms with Crippen LogP contribution in [0.1, 0.15) is 6.42 Å². The minimum Gasteiger partial charge on any atom is -0.469 e. The summed E-state index contributed by atoms with van der Waals surface area (Å²) in [6.45, 7) is 0.475. The summed E-state index contributed by atoms with van der Waals surface area (Å²) in [5.74, 6) is -0.257. The lowest BCUT2D eigenvalue weighted by molar-refractivity contribution is -0.140. The van der Waals surface area contributed by atoms with E-state index in [1.54, 1.807) is 4.57 Å². The van der Waals surface area contributed by atoms with E-state index in [9.17, 15) is 4.79 Å². The Kier molecular flexibility index (Phi) is 3.05. The van der Waals surface area contributed by atoms with Gasteiger partial charge < -0.3 is 9.15 Å². The highest BCUT2D eigenvalue weighted by Gasteiger charge is 2.07. The minimum absolute atomic E-state index is 0.257. The van der Waals surface area contributed by atoms with Gasteiger partial charge in [-0.3, -0.25) is 9.36 Å². The van der Waals surface area contributed by atoms with E-state index in [-0.39, 0.29) is 12.4 Å². The maximum Gasteiger partial charge on any atom is 0.307 e. The molecular weight excluding hydrogens is 226 g/mol. The van der Waals surface area contributed by atoms with E-state index in [0.717, 1.165) is 11.1 Å². The second-order valence-electron chi connectivity index (χ2n) is 3.31. The largest absolute Gasteiger partial charge is 0.469 e. The minimum atomic E-state index is -0.257. The van der Waals surface area contributed by atoms with E-state index < -0.39 is 0 Å². The van der Waals surface area contributed by atoms with Gasteiger partial charge in [0.1, 0.15) is 0 Å². The first-order chi connectivity index (χ1) is 7.72. The van der Waals surface area contributed by atoms with Crippen LogP contribution < -0.4 is 0 Å². The van der Waals surface area contributed by atoms with Gasteiger partial charge in [0.05, 0.1) is 19.0 Å². The number of rotatable bonds is 3. The lowest BCUT2D eigenvalue weighted by atomic mass is 10.3. The van der Waals surface area contributed by atoms with Crippen molar-refractivity contribution in [3.8, 4) is 0 Å². The molecule has 0 aliphatic heterocycles. The predicted octanol–water partition coefficient (Wildman–Crippen LogP) is 2.53. The maximum absolute atomic E-state index is 11.1. The van der Waals surface area contributed by atoms with Crippen LogP contribution in [-0.4, -0.2) is 17.6 Å². The number of aryl methyl sites for hydroxylation is 1. The maximum atomic E-state index is 11.1. The predicted molar refractivity (Wildman–Crippen MR) is 61.7 cm³/mol. The number of aromatic nitrogens is 1. The van der Waals surface area contributed by atoms with Crippen molar-refractivity contribution in [3.63, 3.8) is 0 Å². The highest BCUT2D eigenvalue weighted by atomic mass is 32.1. The SMILES string of the molecule is COC(=O)CCn1c(=S)oc2ccccc21. The topological polar surface area (TPSA) is 44.4 Å². The van der Waals surface area contributed by atoms with E-state index in [0.29, 0.717) is 11.4 Å². The van der Waals surface area contributed by atoms with Crippen LogP contribution in [0.2, 0.25) is 0 Å². The number of benzene rings is 1. The summed E-state index contributed by atoms with van der Waals surface area (Å²) >= 11 is 5.09. The van der Waals surface area contributed by atoms with E-state index in [1.807, 2.05) is 24.3 Å². The average Bonchev–Trinajstić information content (AvgIpc) is 2.62. The number of hydrogen-bond donors (Lipinski definition) is 0. The molecule has 0 aliphatic rings. The first kappa shape index (κ1) is 10.9. The van der Waals surface area contributed by atoms with Crippen molar-refractivity contribution in [3.05, 3.63) is 29.1 Å². The van der Waals surface area contributed by atoms with Gasteiger partial charge in [0.15, 0.2) is 5.58 Å². The van der Waals surface area contributed by atoms with Crippen molar-refractivity contribution in [1.82, 2.24) is 4.57 Å². The normalized spacial score (nSPS) is 10.6.